The average molecular weight is 526 g/mol. The van der Waals surface area contributed by atoms with Crippen molar-refractivity contribution >= 4 is 34.1 Å². The molecule has 0 bridgehead atoms. The number of carbonyl (C=O) groups is 1. The Morgan fingerprint density at radius 1 is 1.22 bits per heavy atom. The molecule has 1 N–H and O–H groups in total. The molecule has 3 fully saturated rings. The topological polar surface area (TPSA) is 72.3 Å². The molecule has 0 unspecified atom stereocenters. The molecule has 7 nitrogen and oxygen atoms in total. The number of nitrogens with one attached hydrogen (secondary N) is 1. The van der Waals surface area contributed by atoms with E-state index in [9.17, 15) is 9.18 Å². The van der Waals surface area contributed by atoms with Crippen LogP contribution in [0.15, 0.2) is 36.8 Å². The zero-order valence-electron chi connectivity index (χ0n) is 21.5. The number of benzene rings is 1. The molecule has 1 aliphatic carbocycles. The number of aromatic nitrogens is 3. The van der Waals surface area contributed by atoms with Crippen LogP contribution in [0.2, 0.25) is 5.02 Å². The maximum absolute atomic E-state index is 14.5. The summed E-state index contributed by atoms with van der Waals surface area (Å²) in [7, 11) is 1.89. The quantitative estimate of drug-likeness (QED) is 0.512. The van der Waals surface area contributed by atoms with Crippen LogP contribution < -0.4 is 5.32 Å². The molecule has 0 spiro atoms. The predicted octanol–water partition coefficient (Wildman–Crippen LogP) is 4.92. The van der Waals surface area contributed by atoms with E-state index >= 15 is 0 Å². The van der Waals surface area contributed by atoms with E-state index < -0.39 is 11.7 Å². The van der Waals surface area contributed by atoms with Gasteiger partial charge in [-0.05, 0) is 79.4 Å². The number of hydrogen-bond donors (Lipinski definition) is 1. The Kier molecular flexibility index (Phi) is 6.24. The zero-order chi connectivity index (χ0) is 25.9. The van der Waals surface area contributed by atoms with Gasteiger partial charge in [-0.3, -0.25) is 14.4 Å². The number of alkyl halides is 1. The van der Waals surface area contributed by atoms with E-state index in [0.29, 0.717) is 18.3 Å². The van der Waals surface area contributed by atoms with Gasteiger partial charge in [-0.25, -0.2) is 9.37 Å². The molecule has 5 atom stereocenters. The molecule has 196 valence electrons. The molecule has 2 aliphatic heterocycles. The number of halogens is 2. The molecule has 2 aromatic heterocycles. The summed E-state index contributed by atoms with van der Waals surface area (Å²) < 4.78 is 21.7. The van der Waals surface area contributed by atoms with Gasteiger partial charge in [0, 0.05) is 41.7 Å². The number of pyridine rings is 1. The van der Waals surface area contributed by atoms with Gasteiger partial charge < -0.3 is 10.1 Å². The molecule has 6 rings (SSSR count). The molecular formula is C28H33ClFN5O2. The van der Waals surface area contributed by atoms with Crippen molar-refractivity contribution in [1.29, 1.82) is 0 Å². The fourth-order valence-corrected chi connectivity index (χ4v) is 6.72. The fraction of sp³-hybridized carbons (Fsp3) is 0.536. The lowest BCUT2D eigenvalue weighted by atomic mass is 9.85. The average Bonchev–Trinajstić information content (AvgIpc) is 3.15. The third-order valence-electron chi connectivity index (χ3n) is 8.87. The highest BCUT2D eigenvalue weighted by atomic mass is 35.5. The molecule has 0 radical (unpaired) electrons. The number of nitrogens with zero attached hydrogens (tertiary/aromatic N) is 4. The van der Waals surface area contributed by atoms with E-state index in [1.54, 1.807) is 10.9 Å². The Bertz CT molecular complexity index is 1340. The number of ether oxygens (including phenoxy) is 1. The summed E-state index contributed by atoms with van der Waals surface area (Å²) >= 11 is 6.72. The van der Waals surface area contributed by atoms with Gasteiger partial charge in [0.1, 0.15) is 12.0 Å². The van der Waals surface area contributed by atoms with Crippen LogP contribution in [0.3, 0.4) is 0 Å². The Balaban J connectivity index is 1.16. The first-order chi connectivity index (χ1) is 17.7. The van der Waals surface area contributed by atoms with E-state index in [1.165, 1.54) is 0 Å². The molecule has 9 heteroatoms. The molecule has 2 saturated heterocycles. The van der Waals surface area contributed by atoms with Crippen molar-refractivity contribution in [2.75, 3.05) is 31.6 Å². The smallest absolute Gasteiger partial charge is 0.229 e. The second-order valence-electron chi connectivity index (χ2n) is 11.2. The van der Waals surface area contributed by atoms with Crippen molar-refractivity contribution in [2.45, 2.75) is 50.2 Å². The Morgan fingerprint density at radius 2 is 2.00 bits per heavy atom. The lowest BCUT2D eigenvalue weighted by Gasteiger charge is -2.43. The molecule has 3 aliphatic rings. The van der Waals surface area contributed by atoms with Gasteiger partial charge in [0.15, 0.2) is 0 Å². The Hall–Kier alpha value is -2.55. The van der Waals surface area contributed by atoms with Gasteiger partial charge in [-0.2, -0.15) is 5.10 Å². The maximum atomic E-state index is 14.5. The number of anilines is 1. The number of amides is 1. The number of rotatable bonds is 5. The monoisotopic (exact) mass is 525 g/mol. The van der Waals surface area contributed by atoms with Crippen LogP contribution >= 0.6 is 11.6 Å². The van der Waals surface area contributed by atoms with Gasteiger partial charge in [-0.15, -0.1) is 0 Å². The van der Waals surface area contributed by atoms with E-state index in [-0.39, 0.29) is 30.3 Å². The summed E-state index contributed by atoms with van der Waals surface area (Å²) in [5, 5.41) is 9.94. The highest BCUT2D eigenvalue weighted by molar-refractivity contribution is 6.32. The van der Waals surface area contributed by atoms with Crippen molar-refractivity contribution < 1.29 is 13.9 Å². The zero-order valence-corrected chi connectivity index (χ0v) is 22.2. The normalized spacial score (nSPS) is 30.6. The number of carbonyl (C=O) groups excluding carboxylic acids is 1. The lowest BCUT2D eigenvalue weighted by molar-refractivity contribution is -0.117. The molecule has 4 heterocycles. The SMILES string of the molecule is C[C@@H]1[C@@H](C(=O)Nc2cc3cc(C4CCN([C@@]5(C)COC[C@H]5F)CC4)c(Cl)cc3cn2)[C@@H]1c1cnn(C)c1. The van der Waals surface area contributed by atoms with Crippen molar-refractivity contribution in [2.24, 2.45) is 18.9 Å². The third kappa shape index (κ3) is 4.43. The number of aryl methyl sites for hydroxylation is 1. The van der Waals surface area contributed by atoms with E-state index in [1.807, 2.05) is 38.5 Å². The van der Waals surface area contributed by atoms with E-state index in [4.69, 9.17) is 16.3 Å². The van der Waals surface area contributed by atoms with Crippen LogP contribution in [-0.2, 0) is 16.6 Å². The largest absolute Gasteiger partial charge is 0.376 e. The Labute approximate surface area is 221 Å². The standard InChI is InChI=1S/C28H33ClFN5O2/c1-16-25(20-12-32-34(3)13-20)26(16)27(36)33-24-10-18-8-21(22(29)9-19(18)11-31-24)17-4-6-35(7-5-17)28(2)15-37-14-23(28)30/h8-13,16-17,23,25-26H,4-7,14-15H2,1-3H3,(H,31,33,36)/t16-,23+,25-,26+,28-/m0/s1. The van der Waals surface area contributed by atoms with Gasteiger partial charge in [-0.1, -0.05) is 18.5 Å². The minimum atomic E-state index is -0.951. The second kappa shape index (κ2) is 9.33. The van der Waals surface area contributed by atoms with Crippen LogP contribution in [0.4, 0.5) is 10.2 Å². The maximum Gasteiger partial charge on any atom is 0.229 e. The summed E-state index contributed by atoms with van der Waals surface area (Å²) in [6.07, 6.45) is 6.47. The van der Waals surface area contributed by atoms with Crippen molar-refractivity contribution in [3.05, 3.63) is 52.9 Å². The van der Waals surface area contributed by atoms with E-state index in [2.05, 4.69) is 33.3 Å². The van der Waals surface area contributed by atoms with Crippen molar-refractivity contribution in [1.82, 2.24) is 19.7 Å². The van der Waals surface area contributed by atoms with Crippen molar-refractivity contribution in [3.8, 4) is 0 Å². The summed E-state index contributed by atoms with van der Waals surface area (Å²) in [5.41, 5.74) is 1.67. The highest BCUT2D eigenvalue weighted by Crippen LogP contribution is 2.54. The highest BCUT2D eigenvalue weighted by Gasteiger charge is 2.53. The van der Waals surface area contributed by atoms with Crippen molar-refractivity contribution in [3.63, 3.8) is 0 Å². The third-order valence-corrected chi connectivity index (χ3v) is 9.20. The lowest BCUT2D eigenvalue weighted by Crippen LogP contribution is -2.55. The molecule has 3 aromatic rings. The summed E-state index contributed by atoms with van der Waals surface area (Å²) in [4.78, 5) is 19.7. The number of fused-ring (bicyclic) bond motifs is 1. The first-order valence-corrected chi connectivity index (χ1v) is 13.5. The fourth-order valence-electron chi connectivity index (χ4n) is 6.39. The number of hydrogen-bond acceptors (Lipinski definition) is 5. The van der Waals surface area contributed by atoms with Gasteiger partial charge in [0.25, 0.3) is 0 Å². The number of likely N-dealkylation sites (tertiary alicyclic amines) is 1. The second-order valence-corrected chi connectivity index (χ2v) is 11.6. The van der Waals surface area contributed by atoms with Gasteiger partial charge >= 0.3 is 0 Å². The first-order valence-electron chi connectivity index (χ1n) is 13.1. The Morgan fingerprint density at radius 3 is 2.68 bits per heavy atom. The summed E-state index contributed by atoms with van der Waals surface area (Å²) in [5.74, 6) is 1.22. The molecule has 1 aromatic carbocycles. The van der Waals surface area contributed by atoms with Gasteiger partial charge in [0.2, 0.25) is 5.91 Å². The predicted molar refractivity (Wildman–Crippen MR) is 142 cm³/mol. The molecule has 1 amide bonds. The number of piperidine rings is 1. The van der Waals surface area contributed by atoms with Crippen LogP contribution in [0.1, 0.15) is 49.7 Å². The summed E-state index contributed by atoms with van der Waals surface area (Å²) in [6, 6.07) is 6.02. The van der Waals surface area contributed by atoms with Crippen LogP contribution in [0, 0.1) is 11.8 Å². The molecule has 1 saturated carbocycles. The summed E-state index contributed by atoms with van der Waals surface area (Å²) in [6.45, 7) is 6.33. The molecule has 37 heavy (non-hydrogen) atoms. The van der Waals surface area contributed by atoms with E-state index in [0.717, 1.165) is 52.9 Å². The van der Waals surface area contributed by atoms with Crippen LogP contribution in [0.5, 0.6) is 0 Å². The van der Waals surface area contributed by atoms with Crippen LogP contribution in [-0.4, -0.2) is 63.6 Å². The minimum Gasteiger partial charge on any atom is -0.376 e. The van der Waals surface area contributed by atoms with Crippen LogP contribution in [0.25, 0.3) is 10.8 Å². The first kappa shape index (κ1) is 24.8. The minimum absolute atomic E-state index is 0.00897. The molecular weight excluding hydrogens is 493 g/mol. The van der Waals surface area contributed by atoms with Gasteiger partial charge in [0.05, 0.1) is 24.9 Å².